The highest BCUT2D eigenvalue weighted by Crippen LogP contribution is 2.36. The molecular formula is C26H34F2N2O5SSi. The molecule has 0 radical (unpaired) electrons. The van der Waals surface area contributed by atoms with Gasteiger partial charge in [0.2, 0.25) is 0 Å². The first kappa shape index (κ1) is 28.9. The van der Waals surface area contributed by atoms with Gasteiger partial charge in [0.05, 0.1) is 25.1 Å². The van der Waals surface area contributed by atoms with Crippen molar-refractivity contribution < 1.29 is 22.7 Å². The van der Waals surface area contributed by atoms with E-state index in [0.29, 0.717) is 16.0 Å². The molecule has 0 fully saturated rings. The molecule has 7 nitrogen and oxygen atoms in total. The molecule has 0 amide bonds. The number of nitrogens with zero attached hydrogens (tertiary/aromatic N) is 2. The van der Waals surface area contributed by atoms with E-state index in [1.165, 1.54) is 16.7 Å². The SMILES string of the molecule is CCOC(=O)c1sc2c(c1C)c(=O)n(CCO[Si](C)(C)C(C)(C)C)c(=O)n2CCc1cc(F)cc(F)c1. The molecule has 3 aromatic rings. The lowest BCUT2D eigenvalue weighted by atomic mass is 10.1. The normalized spacial score (nSPS) is 12.4. The third-order valence-electron chi connectivity index (χ3n) is 6.89. The lowest BCUT2D eigenvalue weighted by Crippen LogP contribution is -2.44. The van der Waals surface area contributed by atoms with Crippen LogP contribution in [0.25, 0.3) is 10.2 Å². The van der Waals surface area contributed by atoms with Crippen LogP contribution in [0.15, 0.2) is 27.8 Å². The number of benzene rings is 1. The van der Waals surface area contributed by atoms with Gasteiger partial charge in [-0.25, -0.2) is 18.4 Å². The van der Waals surface area contributed by atoms with Crippen LogP contribution in [0.5, 0.6) is 0 Å². The first-order valence-electron chi connectivity index (χ1n) is 12.2. The maximum atomic E-state index is 13.7. The Morgan fingerprint density at radius 3 is 2.24 bits per heavy atom. The van der Waals surface area contributed by atoms with Crippen LogP contribution in [-0.2, 0) is 28.7 Å². The predicted molar refractivity (Wildman–Crippen MR) is 144 cm³/mol. The molecule has 0 bridgehead atoms. The Balaban J connectivity index is 2.09. The van der Waals surface area contributed by atoms with Gasteiger partial charge in [-0.3, -0.25) is 13.9 Å². The number of rotatable bonds is 9. The van der Waals surface area contributed by atoms with Crippen LogP contribution in [0.3, 0.4) is 0 Å². The Hall–Kier alpha value is -2.63. The van der Waals surface area contributed by atoms with Gasteiger partial charge < -0.3 is 9.16 Å². The summed E-state index contributed by atoms with van der Waals surface area (Å²) in [5.74, 6) is -1.99. The van der Waals surface area contributed by atoms with Crippen molar-refractivity contribution in [1.29, 1.82) is 0 Å². The van der Waals surface area contributed by atoms with E-state index >= 15 is 0 Å². The number of aromatic nitrogens is 2. The van der Waals surface area contributed by atoms with Gasteiger partial charge in [0.1, 0.15) is 21.3 Å². The number of esters is 1. The molecule has 0 saturated carbocycles. The van der Waals surface area contributed by atoms with E-state index in [2.05, 4.69) is 33.9 Å². The van der Waals surface area contributed by atoms with Crippen LogP contribution < -0.4 is 11.2 Å². The van der Waals surface area contributed by atoms with E-state index in [4.69, 9.17) is 9.16 Å². The van der Waals surface area contributed by atoms with E-state index < -0.39 is 37.2 Å². The van der Waals surface area contributed by atoms with Gasteiger partial charge in [-0.05, 0) is 61.7 Å². The van der Waals surface area contributed by atoms with Gasteiger partial charge in [-0.15, -0.1) is 11.3 Å². The summed E-state index contributed by atoms with van der Waals surface area (Å²) in [6.45, 7) is 14.3. The van der Waals surface area contributed by atoms with E-state index in [1.54, 1.807) is 13.8 Å². The summed E-state index contributed by atoms with van der Waals surface area (Å²) in [7, 11) is -2.12. The lowest BCUT2D eigenvalue weighted by molar-refractivity contribution is 0.0531. The highest BCUT2D eigenvalue weighted by molar-refractivity contribution is 7.20. The number of ether oxygens (including phenoxy) is 1. The van der Waals surface area contributed by atoms with Crippen LogP contribution in [-0.4, -0.2) is 36.6 Å². The second-order valence-electron chi connectivity index (χ2n) is 10.5. The van der Waals surface area contributed by atoms with Crippen LogP contribution >= 0.6 is 11.3 Å². The third-order valence-corrected chi connectivity index (χ3v) is 12.7. The molecule has 2 aromatic heterocycles. The summed E-state index contributed by atoms with van der Waals surface area (Å²) < 4.78 is 41.3. The molecule has 37 heavy (non-hydrogen) atoms. The standard InChI is InChI=1S/C26H34F2N2O5SSi/c1-8-34-24(32)21-16(2)20-22(31)29(11-12-35-37(6,7)26(3,4)5)25(33)30(23(20)36-21)10-9-17-13-18(27)15-19(28)14-17/h13-15H,8-12H2,1-7H3. The molecule has 0 atom stereocenters. The number of carbonyl (C=O) groups is 1. The van der Waals surface area contributed by atoms with Crippen molar-refractivity contribution in [3.8, 4) is 0 Å². The molecule has 0 aliphatic heterocycles. The third kappa shape index (κ3) is 6.10. The summed E-state index contributed by atoms with van der Waals surface area (Å²) in [5.41, 5.74) is -0.260. The molecule has 0 aliphatic carbocycles. The molecule has 11 heteroatoms. The van der Waals surface area contributed by atoms with Crippen molar-refractivity contribution in [3.63, 3.8) is 0 Å². The van der Waals surface area contributed by atoms with Crippen molar-refractivity contribution in [2.75, 3.05) is 13.2 Å². The number of fused-ring (bicyclic) bond motifs is 1. The maximum absolute atomic E-state index is 13.7. The maximum Gasteiger partial charge on any atom is 0.348 e. The molecule has 3 rings (SSSR count). The minimum Gasteiger partial charge on any atom is -0.462 e. The lowest BCUT2D eigenvalue weighted by Gasteiger charge is -2.36. The summed E-state index contributed by atoms with van der Waals surface area (Å²) >= 11 is 1.01. The quantitative estimate of drug-likeness (QED) is 0.268. The molecule has 0 aliphatic rings. The Labute approximate surface area is 219 Å². The molecule has 202 valence electrons. The number of hydrogen-bond donors (Lipinski definition) is 0. The molecule has 2 heterocycles. The number of hydrogen-bond acceptors (Lipinski definition) is 6. The monoisotopic (exact) mass is 552 g/mol. The summed E-state index contributed by atoms with van der Waals surface area (Å²) in [4.78, 5) is 40.2. The number of aryl methyl sites for hydroxylation is 3. The van der Waals surface area contributed by atoms with E-state index in [0.717, 1.165) is 22.0 Å². The first-order valence-corrected chi connectivity index (χ1v) is 15.9. The molecule has 0 spiro atoms. The zero-order valence-electron chi connectivity index (χ0n) is 22.4. The van der Waals surface area contributed by atoms with E-state index in [1.807, 2.05) is 0 Å². The smallest absolute Gasteiger partial charge is 0.348 e. The van der Waals surface area contributed by atoms with Gasteiger partial charge in [-0.2, -0.15) is 0 Å². The minimum absolute atomic E-state index is 0.0404. The van der Waals surface area contributed by atoms with Gasteiger partial charge in [-0.1, -0.05) is 20.8 Å². The van der Waals surface area contributed by atoms with Crippen LogP contribution in [0, 0.1) is 18.6 Å². The second-order valence-corrected chi connectivity index (χ2v) is 16.3. The fourth-order valence-corrected chi connectivity index (χ4v) is 6.03. The summed E-state index contributed by atoms with van der Waals surface area (Å²) in [5, 5.41) is 0.214. The van der Waals surface area contributed by atoms with Crippen LogP contribution in [0.1, 0.15) is 48.5 Å². The zero-order valence-corrected chi connectivity index (χ0v) is 24.2. The van der Waals surface area contributed by atoms with Crippen molar-refractivity contribution >= 4 is 35.8 Å². The van der Waals surface area contributed by atoms with Crippen molar-refractivity contribution in [1.82, 2.24) is 9.13 Å². The van der Waals surface area contributed by atoms with Gasteiger partial charge in [0, 0.05) is 12.6 Å². The number of carbonyl (C=O) groups excluding carboxylic acids is 1. The van der Waals surface area contributed by atoms with E-state index in [-0.39, 0.29) is 48.0 Å². The molecule has 0 saturated heterocycles. The van der Waals surface area contributed by atoms with Crippen molar-refractivity contribution in [2.45, 2.75) is 72.3 Å². The van der Waals surface area contributed by atoms with Gasteiger partial charge in [0.15, 0.2) is 8.32 Å². The molecule has 1 aromatic carbocycles. The second kappa shape index (κ2) is 11.0. The largest absolute Gasteiger partial charge is 0.462 e. The Kier molecular flexibility index (Phi) is 8.60. The summed E-state index contributed by atoms with van der Waals surface area (Å²) in [6.07, 6.45) is 0.147. The van der Waals surface area contributed by atoms with Crippen molar-refractivity contribution in [3.05, 3.63) is 66.7 Å². The summed E-state index contributed by atoms with van der Waals surface area (Å²) in [6, 6.07) is 3.20. The van der Waals surface area contributed by atoms with E-state index in [9.17, 15) is 23.2 Å². The number of thiophene rings is 1. The molecule has 0 N–H and O–H groups in total. The Morgan fingerprint density at radius 1 is 1.05 bits per heavy atom. The average molecular weight is 553 g/mol. The fraction of sp³-hybridized carbons (Fsp3) is 0.500. The highest BCUT2D eigenvalue weighted by atomic mass is 32.1. The topological polar surface area (TPSA) is 79.5 Å². The van der Waals surface area contributed by atoms with Crippen LogP contribution in [0.4, 0.5) is 8.78 Å². The first-order chi connectivity index (χ1) is 17.2. The highest BCUT2D eigenvalue weighted by Gasteiger charge is 2.37. The molecule has 0 unspecified atom stereocenters. The number of halogens is 2. The minimum atomic E-state index is -2.12. The predicted octanol–water partition coefficient (Wildman–Crippen LogP) is 5.25. The van der Waals surface area contributed by atoms with Gasteiger partial charge >= 0.3 is 11.7 Å². The molecular weight excluding hydrogens is 518 g/mol. The van der Waals surface area contributed by atoms with Crippen LogP contribution in [0.2, 0.25) is 18.1 Å². The Bertz CT molecular complexity index is 1420. The van der Waals surface area contributed by atoms with Gasteiger partial charge in [0.25, 0.3) is 5.56 Å². The van der Waals surface area contributed by atoms with Crippen molar-refractivity contribution in [2.24, 2.45) is 0 Å². The average Bonchev–Trinajstić information content (AvgIpc) is 3.12. The fourth-order valence-electron chi connectivity index (χ4n) is 3.79. The Morgan fingerprint density at radius 2 is 1.68 bits per heavy atom. The zero-order chi connectivity index (χ0) is 27.7.